The van der Waals surface area contributed by atoms with Gasteiger partial charge in [-0.2, -0.15) is 0 Å². The molecule has 72 valence electrons. The molecule has 0 amide bonds. The van der Waals surface area contributed by atoms with Crippen molar-refractivity contribution in [3.8, 4) is 0 Å². The first-order valence-corrected chi connectivity index (χ1v) is 14.9. The summed E-state index contributed by atoms with van der Waals surface area (Å²) >= 11 is 10.9. The van der Waals surface area contributed by atoms with Crippen LogP contribution in [0.4, 0.5) is 0 Å². The highest BCUT2D eigenvalue weighted by Crippen LogP contribution is 2.33. The van der Waals surface area contributed by atoms with Gasteiger partial charge in [-0.1, -0.05) is 63.9 Å². The molecule has 0 aromatic carbocycles. The predicted molar refractivity (Wildman–Crippen MR) is 74.7 cm³/mol. The molecule has 0 unspecified atom stereocenters. The van der Waals surface area contributed by atoms with Gasteiger partial charge in [0.1, 0.15) is 0 Å². The van der Waals surface area contributed by atoms with Crippen molar-refractivity contribution in [1.29, 1.82) is 0 Å². The minimum absolute atomic E-state index is 0.0926. The Bertz CT molecular complexity index is 147. The predicted octanol–water partition coefficient (Wildman–Crippen LogP) is 4.01. The van der Waals surface area contributed by atoms with Gasteiger partial charge in [0.25, 0.3) is 3.93 Å². The van der Waals surface area contributed by atoms with Crippen molar-refractivity contribution in [3.05, 3.63) is 11.3 Å². The quantitative estimate of drug-likeness (QED) is 0.375. The summed E-state index contributed by atoms with van der Waals surface area (Å²) in [5.74, 6) is 0. The summed E-state index contributed by atoms with van der Waals surface area (Å²) in [7, 11) is 0.0926. The summed E-state index contributed by atoms with van der Waals surface area (Å²) in [5.41, 5.74) is 3.93. The van der Waals surface area contributed by atoms with Gasteiger partial charge in [0, 0.05) is 9.52 Å². The Morgan fingerprint density at radius 2 is 1.92 bits per heavy atom. The van der Waals surface area contributed by atoms with Gasteiger partial charge in [0.15, 0.2) is 0 Å². The lowest BCUT2D eigenvalue weighted by molar-refractivity contribution is 1.07. The van der Waals surface area contributed by atoms with Crippen molar-refractivity contribution in [3.63, 3.8) is 0 Å². The lowest BCUT2D eigenvalue weighted by Gasteiger charge is -2.06. The fraction of sp³-hybridized carbons (Fsp3) is 0.714. The molecule has 0 spiro atoms. The van der Waals surface area contributed by atoms with Crippen LogP contribution in [0.5, 0.6) is 0 Å². The summed E-state index contributed by atoms with van der Waals surface area (Å²) in [6, 6.07) is 2.71. The molecule has 0 bridgehead atoms. The Kier molecular flexibility index (Phi) is 7.92. The van der Waals surface area contributed by atoms with Crippen LogP contribution < -0.4 is 0 Å². The van der Waals surface area contributed by atoms with Crippen LogP contribution in [0.2, 0.25) is 12.1 Å². The second kappa shape index (κ2) is 6.98. The molecule has 12 heavy (non-hydrogen) atoms. The first kappa shape index (κ1) is 13.6. The van der Waals surface area contributed by atoms with E-state index in [4.69, 9.17) is 0 Å². The summed E-state index contributed by atoms with van der Waals surface area (Å²) in [6.45, 7) is 4.37. The SMILES string of the molecule is CC(C)=C[SiH2]CCC[Si](Br)(Br)Br. The molecule has 0 N–H and O–H groups in total. The smallest absolute Gasteiger partial charge is 0.103 e. The summed E-state index contributed by atoms with van der Waals surface area (Å²) in [6.07, 6.45) is 1.35. The van der Waals surface area contributed by atoms with E-state index in [2.05, 4.69) is 65.4 Å². The van der Waals surface area contributed by atoms with Crippen LogP contribution >= 0.6 is 45.9 Å². The van der Waals surface area contributed by atoms with E-state index in [0.717, 1.165) is 0 Å². The molecule has 0 aromatic rings. The van der Waals surface area contributed by atoms with E-state index in [1.165, 1.54) is 24.1 Å². The van der Waals surface area contributed by atoms with Crippen molar-refractivity contribution in [2.45, 2.75) is 32.4 Å². The zero-order valence-electron chi connectivity index (χ0n) is 7.54. The van der Waals surface area contributed by atoms with Crippen LogP contribution in [-0.2, 0) is 0 Å². The van der Waals surface area contributed by atoms with Gasteiger partial charge in [-0.15, -0.1) is 5.70 Å². The van der Waals surface area contributed by atoms with Gasteiger partial charge in [-0.3, -0.25) is 0 Å². The van der Waals surface area contributed by atoms with Crippen molar-refractivity contribution in [2.24, 2.45) is 0 Å². The van der Waals surface area contributed by atoms with Crippen molar-refractivity contribution >= 4 is 59.3 Å². The van der Waals surface area contributed by atoms with Crippen molar-refractivity contribution in [1.82, 2.24) is 0 Å². The third-order valence-electron chi connectivity index (χ3n) is 1.47. The Hall–Kier alpha value is 1.61. The van der Waals surface area contributed by atoms with Crippen LogP contribution in [0, 0.1) is 0 Å². The molecule has 0 aliphatic rings. The van der Waals surface area contributed by atoms with Gasteiger partial charge in [0.05, 0.1) is 0 Å². The monoisotopic (exact) mass is 392 g/mol. The molecule has 0 radical (unpaired) electrons. The van der Waals surface area contributed by atoms with Gasteiger partial charge < -0.3 is 0 Å². The molecule has 0 nitrogen and oxygen atoms in total. The van der Waals surface area contributed by atoms with Crippen molar-refractivity contribution in [2.75, 3.05) is 0 Å². The maximum atomic E-state index is 3.63. The molecule has 0 saturated heterocycles. The van der Waals surface area contributed by atoms with Crippen LogP contribution in [-0.4, -0.2) is 13.5 Å². The molecule has 0 aromatic heterocycles. The second-order valence-electron chi connectivity index (χ2n) is 3.14. The third kappa shape index (κ3) is 11.6. The normalized spacial score (nSPS) is 12.4. The maximum absolute atomic E-state index is 3.63. The Morgan fingerprint density at radius 1 is 1.33 bits per heavy atom. The molecule has 0 heterocycles. The standard InChI is InChI=1S/C7H15Br3Si2/c1-7(2)6-11-4-3-5-12(8,9)10/h6H,3-5,11H2,1-2H3. The van der Waals surface area contributed by atoms with Crippen LogP contribution in [0.25, 0.3) is 0 Å². The topological polar surface area (TPSA) is 0 Å². The molecule has 0 saturated carbocycles. The average molecular weight is 395 g/mol. The van der Waals surface area contributed by atoms with E-state index in [-0.39, 0.29) is 9.52 Å². The van der Waals surface area contributed by atoms with E-state index in [1.807, 2.05) is 0 Å². The first-order chi connectivity index (χ1) is 5.42. The fourth-order valence-electron chi connectivity index (χ4n) is 0.861. The van der Waals surface area contributed by atoms with Crippen molar-refractivity contribution < 1.29 is 0 Å². The molecule has 0 atom stereocenters. The van der Waals surface area contributed by atoms with E-state index < -0.39 is 3.93 Å². The summed E-state index contributed by atoms with van der Waals surface area (Å²) < 4.78 is -1.30. The van der Waals surface area contributed by atoms with E-state index in [1.54, 1.807) is 0 Å². The minimum Gasteiger partial charge on any atom is -0.103 e. The first-order valence-electron chi connectivity index (χ1n) is 4.12. The van der Waals surface area contributed by atoms with Gasteiger partial charge in [-0.25, -0.2) is 0 Å². The molecule has 5 heteroatoms. The number of halogens is 3. The Morgan fingerprint density at radius 3 is 2.33 bits per heavy atom. The molecular formula is C7H15Br3Si2. The largest absolute Gasteiger partial charge is 0.267 e. The van der Waals surface area contributed by atoms with E-state index >= 15 is 0 Å². The Balaban J connectivity index is 3.29. The van der Waals surface area contributed by atoms with Gasteiger partial charge in [-0.05, 0) is 19.9 Å². The number of hydrogen-bond acceptors (Lipinski definition) is 0. The van der Waals surface area contributed by atoms with E-state index in [0.29, 0.717) is 0 Å². The highest BCUT2D eigenvalue weighted by Gasteiger charge is 2.20. The van der Waals surface area contributed by atoms with Crippen LogP contribution in [0.3, 0.4) is 0 Å². The van der Waals surface area contributed by atoms with Crippen LogP contribution in [0.1, 0.15) is 20.3 Å². The average Bonchev–Trinajstić information content (AvgIpc) is 1.83. The fourth-order valence-corrected chi connectivity index (χ4v) is 5.85. The molecule has 0 rings (SSSR count). The molecule has 0 fully saturated rings. The number of allylic oxidation sites excluding steroid dienone is 1. The lowest BCUT2D eigenvalue weighted by Crippen LogP contribution is -2.05. The Labute approximate surface area is 102 Å². The van der Waals surface area contributed by atoms with Gasteiger partial charge >= 0.3 is 0 Å². The maximum Gasteiger partial charge on any atom is 0.267 e. The highest BCUT2D eigenvalue weighted by molar-refractivity contribution is 9.72. The number of rotatable bonds is 5. The highest BCUT2D eigenvalue weighted by atomic mass is 80.0. The zero-order chi connectivity index (χ0) is 9.61. The molecule has 0 aliphatic carbocycles. The van der Waals surface area contributed by atoms with E-state index in [9.17, 15) is 0 Å². The van der Waals surface area contributed by atoms with Gasteiger partial charge in [0.2, 0.25) is 0 Å². The summed E-state index contributed by atoms with van der Waals surface area (Å²) in [4.78, 5) is 0. The molecule has 0 aliphatic heterocycles. The minimum atomic E-state index is -1.30. The zero-order valence-corrected chi connectivity index (χ0v) is 14.7. The third-order valence-corrected chi connectivity index (χ3v) is 7.97. The second-order valence-corrected chi connectivity index (χ2v) is 28.3. The summed E-state index contributed by atoms with van der Waals surface area (Å²) in [5, 5.41) is 0. The lowest BCUT2D eigenvalue weighted by atomic mass is 10.4. The molecular weight excluding hydrogens is 380 g/mol. The number of hydrogen-bond donors (Lipinski definition) is 0. The van der Waals surface area contributed by atoms with Crippen LogP contribution in [0.15, 0.2) is 11.3 Å².